The van der Waals surface area contributed by atoms with Crippen molar-refractivity contribution in [3.8, 4) is 0 Å². The lowest BCUT2D eigenvalue weighted by Gasteiger charge is -2.40. The zero-order valence-electron chi connectivity index (χ0n) is 18.6. The lowest BCUT2D eigenvalue weighted by atomic mass is 9.83. The van der Waals surface area contributed by atoms with Gasteiger partial charge in [0, 0.05) is 11.0 Å². The minimum Gasteiger partial charge on any atom is -0.460 e. The molecule has 0 saturated carbocycles. The highest BCUT2D eigenvalue weighted by Gasteiger charge is 2.38. The highest BCUT2D eigenvalue weighted by Crippen LogP contribution is 2.29. The van der Waals surface area contributed by atoms with Crippen molar-refractivity contribution in [2.45, 2.75) is 59.3 Å². The fraction of sp³-hybridized carbons (Fsp3) is 0.800. The third-order valence-corrected chi connectivity index (χ3v) is 4.61. The van der Waals surface area contributed by atoms with Gasteiger partial charge < -0.3 is 35.1 Å². The second-order valence-corrected chi connectivity index (χ2v) is 8.33. The largest absolute Gasteiger partial charge is 0.460 e. The Hall–Kier alpha value is -1.68. The van der Waals surface area contributed by atoms with Gasteiger partial charge in [0.25, 0.3) is 0 Å². The van der Waals surface area contributed by atoms with Crippen LogP contribution in [0, 0.1) is 5.41 Å². The first-order chi connectivity index (χ1) is 13.2. The number of aliphatic hydroxyl groups excluding tert-OH is 1. The number of esters is 1. The minimum atomic E-state index is -0.974. The summed E-state index contributed by atoms with van der Waals surface area (Å²) in [5, 5.41) is 11.9. The molecule has 0 spiro atoms. The second-order valence-electron chi connectivity index (χ2n) is 8.33. The summed E-state index contributed by atoms with van der Waals surface area (Å²) in [5.74, 6) is -0.505. The Bertz CT molecular complexity index is 545. The predicted molar refractivity (Wildman–Crippen MR) is 109 cm³/mol. The van der Waals surface area contributed by atoms with Gasteiger partial charge in [-0.1, -0.05) is 20.4 Å². The van der Waals surface area contributed by atoms with E-state index >= 15 is 0 Å². The number of aliphatic hydroxyl groups is 1. The number of hydrogen-bond donors (Lipinski definition) is 3. The zero-order valence-corrected chi connectivity index (χ0v) is 18.6. The number of ether oxygens (including phenoxy) is 4. The molecule has 0 aromatic heterocycles. The standard InChI is InChI=1S/C20H38N2O7/c1-15(2)16(24)26-11-9-22-17(25)27-12-13-28-19(5,6)8-10-29-20(7,21)18(3,4)14-23/h23H,1,8-14,21H2,2-7H3,(H,22,25). The van der Waals surface area contributed by atoms with Crippen LogP contribution in [-0.4, -0.2) is 68.1 Å². The van der Waals surface area contributed by atoms with Gasteiger partial charge in [0.15, 0.2) is 0 Å². The molecule has 0 rings (SSSR count). The van der Waals surface area contributed by atoms with Crippen molar-refractivity contribution in [2.24, 2.45) is 11.1 Å². The van der Waals surface area contributed by atoms with E-state index in [1.54, 1.807) is 13.8 Å². The smallest absolute Gasteiger partial charge is 0.407 e. The second kappa shape index (κ2) is 12.1. The maximum atomic E-state index is 11.5. The van der Waals surface area contributed by atoms with Crippen LogP contribution in [0.1, 0.15) is 48.0 Å². The molecule has 0 radical (unpaired) electrons. The first kappa shape index (κ1) is 27.3. The van der Waals surface area contributed by atoms with E-state index in [4.69, 9.17) is 24.7 Å². The number of alkyl carbamates (subject to hydrolysis) is 1. The van der Waals surface area contributed by atoms with Gasteiger partial charge >= 0.3 is 12.1 Å². The molecule has 0 aliphatic carbocycles. The summed E-state index contributed by atoms with van der Waals surface area (Å²) in [6.07, 6.45) is -0.0482. The number of carbonyl (C=O) groups excluding carboxylic acids is 2. The van der Waals surface area contributed by atoms with Gasteiger partial charge in [0.1, 0.15) is 18.9 Å². The SMILES string of the molecule is C=C(C)C(=O)OCCNC(=O)OCCOC(C)(C)CCOC(C)(N)C(C)(C)CO. The lowest BCUT2D eigenvalue weighted by Crippen LogP contribution is -2.54. The number of nitrogens with two attached hydrogens (primary N) is 1. The fourth-order valence-electron chi connectivity index (χ4n) is 1.86. The van der Waals surface area contributed by atoms with Gasteiger partial charge in [0.2, 0.25) is 0 Å². The Morgan fingerprint density at radius 1 is 1.00 bits per heavy atom. The van der Waals surface area contributed by atoms with E-state index in [-0.39, 0.29) is 33.0 Å². The first-order valence-corrected chi connectivity index (χ1v) is 9.65. The van der Waals surface area contributed by atoms with E-state index in [1.807, 2.05) is 27.7 Å². The maximum Gasteiger partial charge on any atom is 0.407 e. The Labute approximate surface area is 173 Å². The number of nitrogens with one attached hydrogen (secondary N) is 1. The third-order valence-electron chi connectivity index (χ3n) is 4.61. The number of rotatable bonds is 14. The van der Waals surface area contributed by atoms with Crippen molar-refractivity contribution in [1.29, 1.82) is 0 Å². The van der Waals surface area contributed by atoms with Crippen LogP contribution in [0.5, 0.6) is 0 Å². The quantitative estimate of drug-likeness (QED) is 0.168. The average molecular weight is 419 g/mol. The van der Waals surface area contributed by atoms with Gasteiger partial charge in [-0.05, 0) is 34.1 Å². The molecule has 9 heteroatoms. The summed E-state index contributed by atoms with van der Waals surface area (Å²) in [6, 6.07) is 0. The molecule has 0 heterocycles. The minimum absolute atomic E-state index is 0.0392. The zero-order chi connectivity index (χ0) is 22.7. The molecule has 9 nitrogen and oxygen atoms in total. The van der Waals surface area contributed by atoms with Crippen LogP contribution >= 0.6 is 0 Å². The van der Waals surface area contributed by atoms with E-state index in [9.17, 15) is 14.7 Å². The monoisotopic (exact) mass is 418 g/mol. The predicted octanol–water partition coefficient (Wildman–Crippen LogP) is 1.73. The third kappa shape index (κ3) is 11.2. The number of carbonyl (C=O) groups is 2. The molecule has 0 aromatic rings. The Kier molecular flexibility index (Phi) is 11.4. The number of amides is 1. The van der Waals surface area contributed by atoms with E-state index in [0.29, 0.717) is 18.6 Å². The van der Waals surface area contributed by atoms with Gasteiger partial charge in [-0.2, -0.15) is 0 Å². The molecule has 1 unspecified atom stereocenters. The van der Waals surface area contributed by atoms with Crippen molar-refractivity contribution in [3.63, 3.8) is 0 Å². The highest BCUT2D eigenvalue weighted by molar-refractivity contribution is 5.86. The van der Waals surface area contributed by atoms with Crippen molar-refractivity contribution < 1.29 is 33.6 Å². The average Bonchev–Trinajstić information content (AvgIpc) is 2.61. The Balaban J connectivity index is 3.98. The van der Waals surface area contributed by atoms with Crippen molar-refractivity contribution in [2.75, 3.05) is 39.6 Å². The molecule has 0 aromatic carbocycles. The van der Waals surface area contributed by atoms with Crippen molar-refractivity contribution in [1.82, 2.24) is 5.32 Å². The molecule has 4 N–H and O–H groups in total. The van der Waals surface area contributed by atoms with Crippen LogP contribution in [0.2, 0.25) is 0 Å². The Morgan fingerprint density at radius 2 is 1.62 bits per heavy atom. The molecule has 1 amide bonds. The molecule has 0 saturated heterocycles. The summed E-state index contributed by atoms with van der Waals surface area (Å²) in [4.78, 5) is 22.7. The first-order valence-electron chi connectivity index (χ1n) is 9.65. The molecule has 0 fully saturated rings. The van der Waals surface area contributed by atoms with Crippen LogP contribution in [-0.2, 0) is 23.7 Å². The molecule has 0 aliphatic heterocycles. The molecule has 170 valence electrons. The molecule has 0 aliphatic rings. The maximum absolute atomic E-state index is 11.5. The van der Waals surface area contributed by atoms with Crippen LogP contribution < -0.4 is 11.1 Å². The van der Waals surface area contributed by atoms with Crippen LogP contribution in [0.4, 0.5) is 4.79 Å². The van der Waals surface area contributed by atoms with Crippen molar-refractivity contribution in [3.05, 3.63) is 12.2 Å². The summed E-state index contributed by atoms with van der Waals surface area (Å²) in [7, 11) is 0. The van der Waals surface area contributed by atoms with Crippen molar-refractivity contribution >= 4 is 12.1 Å². The fourth-order valence-corrected chi connectivity index (χ4v) is 1.86. The normalized spacial score (nSPS) is 14.1. The summed E-state index contributed by atoms with van der Waals surface area (Å²) >= 11 is 0. The van der Waals surface area contributed by atoms with E-state index < -0.39 is 28.8 Å². The summed E-state index contributed by atoms with van der Waals surface area (Å²) in [5.41, 5.74) is 4.39. The molecule has 1 atom stereocenters. The Morgan fingerprint density at radius 3 is 2.17 bits per heavy atom. The summed E-state index contributed by atoms with van der Waals surface area (Å²) < 4.78 is 21.3. The van der Waals surface area contributed by atoms with Gasteiger partial charge in [-0.15, -0.1) is 0 Å². The van der Waals surface area contributed by atoms with Crippen LogP contribution in [0.3, 0.4) is 0 Å². The van der Waals surface area contributed by atoms with Gasteiger partial charge in [-0.3, -0.25) is 0 Å². The number of hydrogen-bond acceptors (Lipinski definition) is 8. The lowest BCUT2D eigenvalue weighted by molar-refractivity contribution is -0.138. The summed E-state index contributed by atoms with van der Waals surface area (Å²) in [6.45, 7) is 15.0. The van der Waals surface area contributed by atoms with Gasteiger partial charge in [0.05, 0.1) is 32.0 Å². The van der Waals surface area contributed by atoms with Crippen LogP contribution in [0.15, 0.2) is 12.2 Å². The molecular formula is C20H38N2O7. The van der Waals surface area contributed by atoms with E-state index in [0.717, 1.165) is 0 Å². The van der Waals surface area contributed by atoms with E-state index in [1.165, 1.54) is 0 Å². The van der Waals surface area contributed by atoms with E-state index in [2.05, 4.69) is 11.9 Å². The molecular weight excluding hydrogens is 380 g/mol. The molecule has 29 heavy (non-hydrogen) atoms. The van der Waals surface area contributed by atoms with Crippen LogP contribution in [0.25, 0.3) is 0 Å². The highest BCUT2D eigenvalue weighted by atomic mass is 16.6. The topological polar surface area (TPSA) is 129 Å². The molecule has 0 bridgehead atoms. The van der Waals surface area contributed by atoms with Gasteiger partial charge in [-0.25, -0.2) is 9.59 Å².